The monoisotopic (exact) mass is 494 g/mol. The Morgan fingerprint density at radius 1 is 0.447 bits per heavy atom. The quantitative estimate of drug-likeness (QED) is 0.238. The fraction of sp³-hybridized carbons (Fsp3) is 0. The van der Waals surface area contributed by atoms with Gasteiger partial charge in [0.15, 0.2) is 11.6 Å². The van der Waals surface area contributed by atoms with Crippen LogP contribution in [0.4, 0.5) is 28.4 Å². The number of aromatic nitrogens is 3. The summed E-state index contributed by atoms with van der Waals surface area (Å²) in [5.41, 5.74) is 19.3. The van der Waals surface area contributed by atoms with E-state index in [1.54, 1.807) is 0 Å². The second kappa shape index (κ2) is 9.95. The highest BCUT2D eigenvalue weighted by atomic mass is 15.3. The minimum absolute atomic E-state index is 0.699. The minimum Gasteiger partial charge on any atom is -0.399 e. The van der Waals surface area contributed by atoms with E-state index in [-0.39, 0.29) is 0 Å². The van der Waals surface area contributed by atoms with Crippen molar-refractivity contribution in [1.29, 1.82) is 0 Å². The van der Waals surface area contributed by atoms with Crippen molar-refractivity contribution in [3.8, 4) is 28.5 Å². The molecule has 0 aliphatic carbocycles. The number of hydrogen-bond acceptors (Lipinski definition) is 5. The van der Waals surface area contributed by atoms with Crippen LogP contribution in [0.5, 0.6) is 0 Å². The summed E-state index contributed by atoms with van der Waals surface area (Å²) in [6.45, 7) is 0. The number of nitrogen functional groups attached to an aromatic ring is 2. The molecule has 6 aromatic rings. The topological polar surface area (TPSA) is 86.0 Å². The van der Waals surface area contributed by atoms with Crippen LogP contribution >= 0.6 is 0 Å². The number of rotatable bonds is 6. The van der Waals surface area contributed by atoms with Crippen molar-refractivity contribution < 1.29 is 0 Å². The third-order valence-electron chi connectivity index (χ3n) is 6.40. The summed E-state index contributed by atoms with van der Waals surface area (Å²) in [4.78, 5) is 2.23. The van der Waals surface area contributed by atoms with Gasteiger partial charge in [0, 0.05) is 45.3 Å². The first-order valence-electron chi connectivity index (χ1n) is 12.4. The predicted molar refractivity (Wildman–Crippen MR) is 156 cm³/mol. The molecule has 0 saturated carbocycles. The summed E-state index contributed by atoms with van der Waals surface area (Å²) in [5, 5.41) is 9.15. The number of anilines is 5. The second-order valence-electron chi connectivity index (χ2n) is 8.95. The van der Waals surface area contributed by atoms with Gasteiger partial charge in [0.25, 0.3) is 0 Å². The van der Waals surface area contributed by atoms with Crippen LogP contribution in [0.1, 0.15) is 0 Å². The Labute approximate surface area is 221 Å². The molecule has 0 bridgehead atoms. The molecule has 4 N–H and O–H groups in total. The lowest BCUT2D eigenvalue weighted by molar-refractivity contribution is 1.07. The van der Waals surface area contributed by atoms with E-state index in [4.69, 9.17) is 11.5 Å². The fourth-order valence-corrected chi connectivity index (χ4v) is 4.52. The molecular weight excluding hydrogens is 468 g/mol. The normalized spacial score (nSPS) is 10.8. The van der Waals surface area contributed by atoms with Gasteiger partial charge in [0.2, 0.25) is 0 Å². The highest BCUT2D eigenvalue weighted by molar-refractivity contribution is 5.77. The maximum absolute atomic E-state index is 5.95. The van der Waals surface area contributed by atoms with E-state index in [1.807, 2.05) is 60.7 Å². The molecule has 5 aromatic carbocycles. The Morgan fingerprint density at radius 2 is 0.842 bits per heavy atom. The minimum atomic E-state index is 0.699. The molecule has 0 fully saturated rings. The third kappa shape index (κ3) is 4.47. The summed E-state index contributed by atoms with van der Waals surface area (Å²) in [7, 11) is 0. The Bertz CT molecular complexity index is 1540. The van der Waals surface area contributed by atoms with E-state index in [1.165, 1.54) is 0 Å². The highest BCUT2D eigenvalue weighted by Gasteiger charge is 2.18. The molecule has 0 radical (unpaired) electrons. The molecule has 0 aliphatic rings. The number of nitrogens with zero attached hydrogens (tertiary/aromatic N) is 4. The van der Waals surface area contributed by atoms with E-state index in [0.717, 1.165) is 45.5 Å². The number of nitrogens with two attached hydrogens (primary N) is 2. The first kappa shape index (κ1) is 23.1. The van der Waals surface area contributed by atoms with Crippen LogP contribution < -0.4 is 16.4 Å². The zero-order valence-electron chi connectivity index (χ0n) is 20.6. The van der Waals surface area contributed by atoms with Gasteiger partial charge in [-0.15, -0.1) is 10.2 Å². The molecule has 0 unspecified atom stereocenters. The van der Waals surface area contributed by atoms with Crippen molar-refractivity contribution in [2.24, 2.45) is 0 Å². The SMILES string of the molecule is Nc1ccc(-c2nnc(-c3ccc(N)cc3)n2-c2ccc(N(c3ccccc3)c3ccccc3)cc2)cc1. The van der Waals surface area contributed by atoms with Gasteiger partial charge in [0.1, 0.15) is 0 Å². The van der Waals surface area contributed by atoms with Crippen molar-refractivity contribution in [3.05, 3.63) is 133 Å². The van der Waals surface area contributed by atoms with Crippen molar-refractivity contribution in [2.45, 2.75) is 0 Å². The van der Waals surface area contributed by atoms with Crippen molar-refractivity contribution in [2.75, 3.05) is 16.4 Å². The second-order valence-corrected chi connectivity index (χ2v) is 8.95. The smallest absolute Gasteiger partial charge is 0.168 e. The lowest BCUT2D eigenvalue weighted by Gasteiger charge is -2.25. The highest BCUT2D eigenvalue weighted by Crippen LogP contribution is 2.36. The number of benzene rings is 5. The summed E-state index contributed by atoms with van der Waals surface area (Å²) in [6.07, 6.45) is 0. The van der Waals surface area contributed by atoms with E-state index < -0.39 is 0 Å². The average Bonchev–Trinajstić information content (AvgIpc) is 3.41. The molecule has 0 aliphatic heterocycles. The Morgan fingerprint density at radius 3 is 1.26 bits per heavy atom. The zero-order chi connectivity index (χ0) is 25.9. The Hall–Kier alpha value is -5.36. The molecule has 0 atom stereocenters. The van der Waals surface area contributed by atoms with Gasteiger partial charge in [-0.3, -0.25) is 4.57 Å². The first-order chi connectivity index (χ1) is 18.7. The van der Waals surface area contributed by atoms with Gasteiger partial charge < -0.3 is 16.4 Å². The molecule has 38 heavy (non-hydrogen) atoms. The van der Waals surface area contributed by atoms with Gasteiger partial charge in [-0.1, -0.05) is 36.4 Å². The molecule has 1 aromatic heterocycles. The van der Waals surface area contributed by atoms with Crippen molar-refractivity contribution in [1.82, 2.24) is 14.8 Å². The van der Waals surface area contributed by atoms with Gasteiger partial charge in [-0.05, 0) is 97.1 Å². The van der Waals surface area contributed by atoms with Crippen LogP contribution in [0.3, 0.4) is 0 Å². The van der Waals surface area contributed by atoms with Gasteiger partial charge in [-0.25, -0.2) is 0 Å². The summed E-state index contributed by atoms with van der Waals surface area (Å²) in [6, 6.07) is 44.5. The maximum atomic E-state index is 5.95. The van der Waals surface area contributed by atoms with Crippen LogP contribution in [0, 0.1) is 0 Å². The zero-order valence-corrected chi connectivity index (χ0v) is 20.6. The molecular formula is C32H26N6. The van der Waals surface area contributed by atoms with E-state index in [0.29, 0.717) is 11.4 Å². The number of hydrogen-bond donors (Lipinski definition) is 2. The van der Waals surface area contributed by atoms with Gasteiger partial charge >= 0.3 is 0 Å². The third-order valence-corrected chi connectivity index (χ3v) is 6.40. The summed E-state index contributed by atoms with van der Waals surface area (Å²) >= 11 is 0. The molecule has 6 rings (SSSR count). The largest absolute Gasteiger partial charge is 0.399 e. The maximum Gasteiger partial charge on any atom is 0.168 e. The molecule has 1 heterocycles. The van der Waals surface area contributed by atoms with Crippen molar-refractivity contribution in [3.63, 3.8) is 0 Å². The average molecular weight is 495 g/mol. The molecule has 6 nitrogen and oxygen atoms in total. The van der Waals surface area contributed by atoms with E-state index in [9.17, 15) is 0 Å². The van der Waals surface area contributed by atoms with Crippen LogP contribution in [-0.4, -0.2) is 14.8 Å². The lowest BCUT2D eigenvalue weighted by atomic mass is 10.1. The van der Waals surface area contributed by atoms with E-state index in [2.05, 4.69) is 92.5 Å². The summed E-state index contributed by atoms with van der Waals surface area (Å²) < 4.78 is 2.07. The van der Waals surface area contributed by atoms with Gasteiger partial charge in [-0.2, -0.15) is 0 Å². The van der Waals surface area contributed by atoms with Crippen LogP contribution in [0.15, 0.2) is 133 Å². The van der Waals surface area contributed by atoms with Gasteiger partial charge in [0.05, 0.1) is 0 Å². The standard InChI is InChI=1S/C32H26N6/c33-25-15-11-23(12-16-25)31-35-36-32(24-13-17-26(34)18-14-24)38(31)30-21-19-29(20-22-30)37(27-7-3-1-4-8-27)28-9-5-2-6-10-28/h1-22H,33-34H2. The van der Waals surface area contributed by atoms with Crippen LogP contribution in [0.25, 0.3) is 28.5 Å². The van der Waals surface area contributed by atoms with E-state index >= 15 is 0 Å². The van der Waals surface area contributed by atoms with Crippen LogP contribution in [0.2, 0.25) is 0 Å². The van der Waals surface area contributed by atoms with Crippen LogP contribution in [-0.2, 0) is 0 Å². The molecule has 6 heteroatoms. The Balaban J connectivity index is 1.47. The first-order valence-corrected chi connectivity index (χ1v) is 12.4. The summed E-state index contributed by atoms with van der Waals surface area (Å²) in [5.74, 6) is 1.46. The van der Waals surface area contributed by atoms with Crippen molar-refractivity contribution >= 4 is 28.4 Å². The predicted octanol–water partition coefficient (Wildman–Crippen LogP) is 7.24. The molecule has 0 saturated heterocycles. The molecule has 0 spiro atoms. The fourth-order valence-electron chi connectivity index (χ4n) is 4.52. The molecule has 0 amide bonds. The Kier molecular flexibility index (Phi) is 6.04. The lowest BCUT2D eigenvalue weighted by Crippen LogP contribution is -2.10. The molecule has 184 valence electrons. The number of para-hydroxylation sites is 2.